The molecule has 0 spiro atoms. The molecule has 1 aliphatic carbocycles. The number of piperidine rings is 1. The number of fused-ring (bicyclic) bond motifs is 1. The summed E-state index contributed by atoms with van der Waals surface area (Å²) in [6, 6.07) is 7.37. The summed E-state index contributed by atoms with van der Waals surface area (Å²) in [4.78, 5) is 15.2. The number of hydrogen-bond acceptors (Lipinski definition) is 4. The topological polar surface area (TPSA) is 60.4 Å². The van der Waals surface area contributed by atoms with Crippen molar-refractivity contribution in [2.75, 3.05) is 13.1 Å². The Kier molecular flexibility index (Phi) is 7.42. The summed E-state index contributed by atoms with van der Waals surface area (Å²) in [5, 5.41) is 8.35. The minimum atomic E-state index is -4.79. The van der Waals surface area contributed by atoms with Crippen LogP contribution in [0.15, 0.2) is 53.8 Å². The third-order valence-electron chi connectivity index (χ3n) is 9.19. The van der Waals surface area contributed by atoms with Crippen LogP contribution >= 0.6 is 0 Å². The van der Waals surface area contributed by atoms with E-state index in [2.05, 4.69) is 10.2 Å². The van der Waals surface area contributed by atoms with Crippen molar-refractivity contribution in [2.24, 2.45) is 18.9 Å². The van der Waals surface area contributed by atoms with Gasteiger partial charge in [-0.25, -0.2) is 4.79 Å². The highest BCUT2D eigenvalue weighted by molar-refractivity contribution is 5.58. The highest BCUT2D eigenvalue weighted by Crippen LogP contribution is 2.43. The van der Waals surface area contributed by atoms with Gasteiger partial charge in [-0.3, -0.25) is 13.9 Å². The molecule has 1 saturated heterocycles. The Labute approximate surface area is 243 Å². The number of nitrogens with zero attached hydrogens (tertiary/aromatic N) is 6. The van der Waals surface area contributed by atoms with Crippen LogP contribution in [-0.2, 0) is 13.2 Å². The van der Waals surface area contributed by atoms with Crippen molar-refractivity contribution < 1.29 is 26.3 Å². The van der Waals surface area contributed by atoms with Gasteiger partial charge in [0.2, 0.25) is 0 Å². The Bertz CT molecular complexity index is 1680. The smallest absolute Gasteiger partial charge is 0.320 e. The highest BCUT2D eigenvalue weighted by atomic mass is 19.4. The molecule has 4 aromatic rings. The number of pyridine rings is 1. The van der Waals surface area contributed by atoms with Crippen molar-refractivity contribution in [3.05, 3.63) is 82.1 Å². The fraction of sp³-hybridized carbons (Fsp3) is 0.500. The first-order valence-electron chi connectivity index (χ1n) is 14.4. The van der Waals surface area contributed by atoms with Crippen molar-refractivity contribution in [1.29, 1.82) is 0 Å². The minimum absolute atomic E-state index is 0.0147. The van der Waals surface area contributed by atoms with Gasteiger partial charge in [0.05, 0.1) is 22.7 Å². The Morgan fingerprint density at radius 1 is 0.977 bits per heavy atom. The molecule has 1 saturated carbocycles. The second-order valence-corrected chi connectivity index (χ2v) is 11.8. The standard InChI is InChI=1S/C30H32F6N6O/c1-18(40-11-5-9-22(15-40)29(31,32)33)21-13-24(30(34,35)36)25-16-41(28(43)42(25)14-21)23-10-4-8-20(12-23)26(19-6-3-7-19)27-38-37-17-39(27)2/h4,8,10,12-14,16-19,22,26H,3,5-7,9,11,15H2,1-2H3/t18-,22-,26-/m1/s1. The van der Waals surface area contributed by atoms with Crippen LogP contribution in [0.1, 0.15) is 73.5 Å². The molecule has 4 heterocycles. The molecule has 43 heavy (non-hydrogen) atoms. The minimum Gasteiger partial charge on any atom is -0.320 e. The van der Waals surface area contributed by atoms with Gasteiger partial charge < -0.3 is 4.57 Å². The lowest BCUT2D eigenvalue weighted by atomic mass is 9.72. The first kappa shape index (κ1) is 29.5. The van der Waals surface area contributed by atoms with Crippen LogP contribution in [0, 0.1) is 11.8 Å². The zero-order chi connectivity index (χ0) is 30.7. The predicted molar refractivity (Wildman–Crippen MR) is 147 cm³/mol. The number of hydrogen-bond donors (Lipinski definition) is 0. The van der Waals surface area contributed by atoms with E-state index in [0.29, 0.717) is 18.2 Å². The lowest BCUT2D eigenvalue weighted by Crippen LogP contribution is -2.42. The summed E-state index contributed by atoms with van der Waals surface area (Å²) >= 11 is 0. The Balaban J connectivity index is 1.42. The summed E-state index contributed by atoms with van der Waals surface area (Å²) in [6.45, 7) is 1.60. The van der Waals surface area contributed by atoms with Crippen molar-refractivity contribution in [3.8, 4) is 5.69 Å². The lowest BCUT2D eigenvalue weighted by Gasteiger charge is -2.37. The van der Waals surface area contributed by atoms with Crippen LogP contribution in [0.4, 0.5) is 26.3 Å². The summed E-state index contributed by atoms with van der Waals surface area (Å²) in [5.41, 5.74) is -0.616. The van der Waals surface area contributed by atoms with E-state index in [0.717, 1.165) is 41.1 Å². The number of imidazole rings is 1. The maximum Gasteiger partial charge on any atom is 0.418 e. The van der Waals surface area contributed by atoms with E-state index in [1.54, 1.807) is 36.4 Å². The van der Waals surface area contributed by atoms with E-state index in [4.69, 9.17) is 0 Å². The molecule has 0 radical (unpaired) electrons. The average molecular weight is 607 g/mol. The first-order valence-corrected chi connectivity index (χ1v) is 14.4. The maximum absolute atomic E-state index is 14.4. The van der Waals surface area contributed by atoms with Gasteiger partial charge in [-0.1, -0.05) is 18.6 Å². The summed E-state index contributed by atoms with van der Waals surface area (Å²) in [6.07, 6.45) is -1.66. The number of alkyl halides is 6. The van der Waals surface area contributed by atoms with Crippen molar-refractivity contribution in [1.82, 2.24) is 28.6 Å². The molecule has 0 bridgehead atoms. The third kappa shape index (κ3) is 5.47. The number of likely N-dealkylation sites (tertiary alicyclic amines) is 1. The van der Waals surface area contributed by atoms with Crippen molar-refractivity contribution in [3.63, 3.8) is 0 Å². The van der Waals surface area contributed by atoms with Gasteiger partial charge >= 0.3 is 18.0 Å². The molecule has 7 nitrogen and oxygen atoms in total. The SMILES string of the molecule is C[C@H](c1cc(C(F)(F)F)c2cn(-c3cccc([C@H](c4nncn4C)C4CCC4)c3)c(=O)n2c1)N1CCC[C@@H](C(F)(F)F)C1. The molecule has 0 amide bonds. The summed E-state index contributed by atoms with van der Waals surface area (Å²) < 4.78 is 87.4. The molecule has 1 aliphatic heterocycles. The normalized spacial score (nSPS) is 20.3. The van der Waals surface area contributed by atoms with Crippen LogP contribution in [0.25, 0.3) is 11.2 Å². The second-order valence-electron chi connectivity index (χ2n) is 11.8. The molecule has 3 aromatic heterocycles. The average Bonchev–Trinajstić information content (AvgIpc) is 3.51. The van der Waals surface area contributed by atoms with Gasteiger partial charge in [0.15, 0.2) is 0 Å². The van der Waals surface area contributed by atoms with E-state index in [1.807, 2.05) is 17.7 Å². The predicted octanol–water partition coefficient (Wildman–Crippen LogP) is 6.50. The molecule has 230 valence electrons. The Morgan fingerprint density at radius 3 is 2.37 bits per heavy atom. The molecular formula is C30H32F6N6O. The van der Waals surface area contributed by atoms with E-state index in [-0.39, 0.29) is 36.4 Å². The number of halogens is 6. The van der Waals surface area contributed by atoms with Gasteiger partial charge in [-0.05, 0) is 74.4 Å². The Morgan fingerprint density at radius 2 is 1.74 bits per heavy atom. The third-order valence-corrected chi connectivity index (χ3v) is 9.19. The number of benzene rings is 1. The van der Waals surface area contributed by atoms with Gasteiger partial charge in [0.1, 0.15) is 12.2 Å². The number of aromatic nitrogens is 5. The van der Waals surface area contributed by atoms with E-state index >= 15 is 0 Å². The molecular weight excluding hydrogens is 574 g/mol. The second kappa shape index (κ2) is 10.8. The quantitative estimate of drug-likeness (QED) is 0.235. The van der Waals surface area contributed by atoms with Gasteiger partial charge in [0, 0.05) is 37.9 Å². The van der Waals surface area contributed by atoms with Crippen molar-refractivity contribution in [2.45, 2.75) is 63.3 Å². The molecule has 2 aliphatic rings. The van der Waals surface area contributed by atoms with Crippen LogP contribution in [0.5, 0.6) is 0 Å². The summed E-state index contributed by atoms with van der Waals surface area (Å²) in [7, 11) is 1.86. The van der Waals surface area contributed by atoms with E-state index in [1.165, 1.54) is 17.0 Å². The van der Waals surface area contributed by atoms with Crippen molar-refractivity contribution >= 4 is 5.52 Å². The molecule has 0 unspecified atom stereocenters. The summed E-state index contributed by atoms with van der Waals surface area (Å²) in [5.74, 6) is -0.525. The first-order chi connectivity index (χ1) is 20.3. The monoisotopic (exact) mass is 606 g/mol. The Hall–Kier alpha value is -3.61. The van der Waals surface area contributed by atoms with Crippen LogP contribution in [0.2, 0.25) is 0 Å². The molecule has 2 fully saturated rings. The lowest BCUT2D eigenvalue weighted by molar-refractivity contribution is -0.188. The van der Waals surface area contributed by atoms with Gasteiger partial charge in [-0.15, -0.1) is 10.2 Å². The molecule has 6 rings (SSSR count). The molecule has 0 N–H and O–H groups in total. The largest absolute Gasteiger partial charge is 0.418 e. The number of aryl methyl sites for hydroxylation is 1. The van der Waals surface area contributed by atoms with Gasteiger partial charge in [-0.2, -0.15) is 26.3 Å². The molecule has 1 aromatic carbocycles. The zero-order valence-corrected chi connectivity index (χ0v) is 23.7. The zero-order valence-electron chi connectivity index (χ0n) is 23.7. The molecule has 3 atom stereocenters. The highest BCUT2D eigenvalue weighted by Gasteiger charge is 2.43. The van der Waals surface area contributed by atoms with Crippen LogP contribution in [-0.4, -0.2) is 47.9 Å². The maximum atomic E-state index is 14.4. The fourth-order valence-electron chi connectivity index (χ4n) is 6.53. The fourth-order valence-corrected chi connectivity index (χ4v) is 6.53. The molecule has 13 heteroatoms. The van der Waals surface area contributed by atoms with Crippen LogP contribution in [0.3, 0.4) is 0 Å². The van der Waals surface area contributed by atoms with Gasteiger partial charge in [0.25, 0.3) is 0 Å². The van der Waals surface area contributed by atoms with E-state index < -0.39 is 35.6 Å². The van der Waals surface area contributed by atoms with E-state index in [9.17, 15) is 31.1 Å². The number of rotatable bonds is 6. The van der Waals surface area contributed by atoms with Crippen LogP contribution < -0.4 is 5.69 Å².